The van der Waals surface area contributed by atoms with Crippen LogP contribution in [0.2, 0.25) is 0 Å². The van der Waals surface area contributed by atoms with Crippen molar-refractivity contribution in [1.82, 2.24) is 4.98 Å². The first-order chi connectivity index (χ1) is 6.77. The molecule has 76 valence electrons. The van der Waals surface area contributed by atoms with E-state index < -0.39 is 0 Å². The Kier molecular flexibility index (Phi) is 2.85. The van der Waals surface area contributed by atoms with Gasteiger partial charge < -0.3 is 9.47 Å². The third kappa shape index (κ3) is 1.69. The molecule has 0 unspecified atom stereocenters. The van der Waals surface area contributed by atoms with Crippen LogP contribution < -0.4 is 0 Å². The Hall–Kier alpha value is -0.450. The first kappa shape index (κ1) is 10.1. The fraction of sp³-hybridized carbons (Fsp3) is 0.500. The van der Waals surface area contributed by atoms with E-state index in [0.29, 0.717) is 6.61 Å². The highest BCUT2D eigenvalue weighted by Gasteiger charge is 2.38. The largest absolute Gasteiger partial charge is 0.378 e. The number of methoxy groups -OCH3 is 1. The van der Waals surface area contributed by atoms with E-state index in [1.807, 2.05) is 18.2 Å². The van der Waals surface area contributed by atoms with E-state index >= 15 is 0 Å². The van der Waals surface area contributed by atoms with Gasteiger partial charge in [-0.25, -0.2) is 4.98 Å². The zero-order chi connectivity index (χ0) is 10.0. The van der Waals surface area contributed by atoms with E-state index in [0.717, 1.165) is 23.3 Å². The van der Waals surface area contributed by atoms with Crippen LogP contribution in [0.1, 0.15) is 12.1 Å². The molecule has 0 aliphatic carbocycles. The molecule has 2 heterocycles. The molecule has 0 saturated carbocycles. The molecule has 0 aromatic carbocycles. The molecule has 0 N–H and O–H groups in total. The Morgan fingerprint density at radius 2 is 2.43 bits per heavy atom. The summed E-state index contributed by atoms with van der Waals surface area (Å²) in [5.41, 5.74) is 0.593. The summed E-state index contributed by atoms with van der Waals surface area (Å²) in [5, 5.41) is 0. The van der Waals surface area contributed by atoms with E-state index in [2.05, 4.69) is 20.9 Å². The van der Waals surface area contributed by atoms with Gasteiger partial charge in [0.25, 0.3) is 0 Å². The fourth-order valence-electron chi connectivity index (χ4n) is 1.68. The standard InChI is InChI=1S/C10H12BrNO2/c1-13-10(5-6-14-7-10)8-3-2-4-9(11)12-8/h2-4H,5-7H2,1H3/t10-/m0/s1. The van der Waals surface area contributed by atoms with Crippen LogP contribution in [0.5, 0.6) is 0 Å². The third-order valence-corrected chi connectivity index (χ3v) is 3.00. The molecule has 0 bridgehead atoms. The van der Waals surface area contributed by atoms with E-state index in [1.165, 1.54) is 0 Å². The second-order valence-corrected chi connectivity index (χ2v) is 4.16. The van der Waals surface area contributed by atoms with Gasteiger partial charge in [-0.15, -0.1) is 0 Å². The molecule has 1 aliphatic rings. The normalized spacial score (nSPS) is 26.7. The van der Waals surface area contributed by atoms with Gasteiger partial charge in [0.1, 0.15) is 10.2 Å². The highest BCUT2D eigenvalue weighted by atomic mass is 79.9. The Balaban J connectivity index is 2.35. The maximum atomic E-state index is 5.53. The molecule has 14 heavy (non-hydrogen) atoms. The zero-order valence-electron chi connectivity index (χ0n) is 8.00. The lowest BCUT2D eigenvalue weighted by atomic mass is 9.98. The second kappa shape index (κ2) is 3.96. The molecule has 0 amide bonds. The predicted molar refractivity (Wildman–Crippen MR) is 56.1 cm³/mol. The number of rotatable bonds is 2. The second-order valence-electron chi connectivity index (χ2n) is 3.35. The van der Waals surface area contributed by atoms with Crippen molar-refractivity contribution in [3.05, 3.63) is 28.5 Å². The zero-order valence-corrected chi connectivity index (χ0v) is 9.58. The van der Waals surface area contributed by atoms with Gasteiger partial charge in [0.15, 0.2) is 0 Å². The molecule has 1 atom stereocenters. The van der Waals surface area contributed by atoms with Crippen LogP contribution >= 0.6 is 15.9 Å². The van der Waals surface area contributed by atoms with Crippen LogP contribution in [-0.2, 0) is 15.1 Å². The monoisotopic (exact) mass is 257 g/mol. The van der Waals surface area contributed by atoms with Crippen LogP contribution in [0.25, 0.3) is 0 Å². The summed E-state index contributed by atoms with van der Waals surface area (Å²) in [6.07, 6.45) is 0.868. The molecule has 0 radical (unpaired) electrons. The molecule has 2 rings (SSSR count). The summed E-state index contributed by atoms with van der Waals surface area (Å²) in [5.74, 6) is 0. The van der Waals surface area contributed by atoms with Crippen molar-refractivity contribution in [2.45, 2.75) is 12.0 Å². The maximum absolute atomic E-state index is 5.53. The molecule has 1 aliphatic heterocycles. The minimum absolute atomic E-state index is 0.343. The lowest BCUT2D eigenvalue weighted by molar-refractivity contribution is -0.0247. The highest BCUT2D eigenvalue weighted by Crippen LogP contribution is 2.32. The average molecular weight is 258 g/mol. The Labute approximate surface area is 91.6 Å². The van der Waals surface area contributed by atoms with E-state index in [1.54, 1.807) is 7.11 Å². The summed E-state index contributed by atoms with van der Waals surface area (Å²) in [7, 11) is 1.71. The molecule has 1 fully saturated rings. The van der Waals surface area contributed by atoms with Crippen molar-refractivity contribution in [3.8, 4) is 0 Å². The summed E-state index contributed by atoms with van der Waals surface area (Å²) in [6.45, 7) is 1.33. The van der Waals surface area contributed by atoms with Gasteiger partial charge in [-0.2, -0.15) is 0 Å². The number of ether oxygens (including phenoxy) is 2. The number of aromatic nitrogens is 1. The first-order valence-electron chi connectivity index (χ1n) is 4.53. The van der Waals surface area contributed by atoms with Crippen LogP contribution in [0.4, 0.5) is 0 Å². The van der Waals surface area contributed by atoms with Gasteiger partial charge in [0.05, 0.1) is 12.3 Å². The van der Waals surface area contributed by atoms with Crippen molar-refractivity contribution < 1.29 is 9.47 Å². The Morgan fingerprint density at radius 1 is 1.57 bits per heavy atom. The highest BCUT2D eigenvalue weighted by molar-refractivity contribution is 9.10. The van der Waals surface area contributed by atoms with Gasteiger partial charge >= 0.3 is 0 Å². The van der Waals surface area contributed by atoms with E-state index in [-0.39, 0.29) is 5.60 Å². The first-order valence-corrected chi connectivity index (χ1v) is 5.32. The number of pyridine rings is 1. The topological polar surface area (TPSA) is 31.4 Å². The summed E-state index contributed by atoms with van der Waals surface area (Å²) in [6, 6.07) is 5.84. The smallest absolute Gasteiger partial charge is 0.135 e. The van der Waals surface area contributed by atoms with Crippen molar-refractivity contribution in [2.75, 3.05) is 20.3 Å². The van der Waals surface area contributed by atoms with Gasteiger partial charge in [0, 0.05) is 20.1 Å². The van der Waals surface area contributed by atoms with Crippen LogP contribution in [-0.4, -0.2) is 25.3 Å². The lowest BCUT2D eigenvalue weighted by Crippen LogP contribution is -2.29. The van der Waals surface area contributed by atoms with Gasteiger partial charge in [-0.1, -0.05) is 6.07 Å². The van der Waals surface area contributed by atoms with Crippen molar-refractivity contribution in [2.24, 2.45) is 0 Å². The van der Waals surface area contributed by atoms with Gasteiger partial charge in [0.2, 0.25) is 0 Å². The number of halogens is 1. The molecule has 3 nitrogen and oxygen atoms in total. The fourth-order valence-corrected chi connectivity index (χ4v) is 2.02. The number of hydrogen-bond acceptors (Lipinski definition) is 3. The van der Waals surface area contributed by atoms with Crippen LogP contribution in [0, 0.1) is 0 Å². The van der Waals surface area contributed by atoms with E-state index in [4.69, 9.17) is 9.47 Å². The lowest BCUT2D eigenvalue weighted by Gasteiger charge is -2.24. The number of nitrogens with zero attached hydrogens (tertiary/aromatic N) is 1. The minimum Gasteiger partial charge on any atom is -0.378 e. The molecule has 1 aromatic rings. The molecule has 1 saturated heterocycles. The Bertz CT molecular complexity index is 324. The van der Waals surface area contributed by atoms with Crippen molar-refractivity contribution >= 4 is 15.9 Å². The Morgan fingerprint density at radius 3 is 3.00 bits per heavy atom. The third-order valence-electron chi connectivity index (χ3n) is 2.56. The van der Waals surface area contributed by atoms with Crippen molar-refractivity contribution in [1.29, 1.82) is 0 Å². The molecular formula is C10H12BrNO2. The van der Waals surface area contributed by atoms with Crippen LogP contribution in [0.15, 0.2) is 22.8 Å². The predicted octanol–water partition coefficient (Wildman–Crippen LogP) is 2.11. The maximum Gasteiger partial charge on any atom is 0.135 e. The molecule has 1 aromatic heterocycles. The molecule has 4 heteroatoms. The molecular weight excluding hydrogens is 246 g/mol. The quantitative estimate of drug-likeness (QED) is 0.761. The summed E-state index contributed by atoms with van der Waals surface area (Å²) >= 11 is 3.36. The SMILES string of the molecule is CO[C@@]1(c2cccc(Br)n2)CCOC1. The van der Waals surface area contributed by atoms with Gasteiger partial charge in [-0.3, -0.25) is 0 Å². The van der Waals surface area contributed by atoms with Gasteiger partial charge in [-0.05, 0) is 28.1 Å². The molecule has 0 spiro atoms. The summed E-state index contributed by atoms with van der Waals surface area (Å²) in [4.78, 5) is 4.41. The number of hydrogen-bond donors (Lipinski definition) is 0. The average Bonchev–Trinajstić information content (AvgIpc) is 2.67. The van der Waals surface area contributed by atoms with Crippen molar-refractivity contribution in [3.63, 3.8) is 0 Å². The van der Waals surface area contributed by atoms with Crippen LogP contribution in [0.3, 0.4) is 0 Å². The summed E-state index contributed by atoms with van der Waals surface area (Å²) < 4.78 is 11.7. The van der Waals surface area contributed by atoms with E-state index in [9.17, 15) is 0 Å². The minimum atomic E-state index is -0.343.